The maximum atomic E-state index is 13.1. The quantitative estimate of drug-likeness (QED) is 0.620. The molecule has 4 rings (SSSR count). The topological polar surface area (TPSA) is 116 Å². The molecule has 2 aromatic rings. The van der Waals surface area contributed by atoms with E-state index in [0.717, 1.165) is 27.2 Å². The number of nitrogens with zero attached hydrogens (tertiary/aromatic N) is 1. The number of benzene rings is 2. The first-order valence-corrected chi connectivity index (χ1v) is 11.1. The summed E-state index contributed by atoms with van der Waals surface area (Å²) in [6, 6.07) is 13.9. The molecule has 0 spiro atoms. The third kappa shape index (κ3) is 4.43. The molecule has 0 saturated carbocycles. The van der Waals surface area contributed by atoms with E-state index in [1.54, 1.807) is 13.8 Å². The SMILES string of the molecule is CC(C)C(NC(=O)OCC1c2ccccc2-c2ccccc21)C(=O)N1C[C@H](O)C[C@H]1C(=O)O. The van der Waals surface area contributed by atoms with Gasteiger partial charge in [0.25, 0.3) is 0 Å². The van der Waals surface area contributed by atoms with Crippen LogP contribution in [-0.2, 0) is 14.3 Å². The maximum Gasteiger partial charge on any atom is 0.407 e. The van der Waals surface area contributed by atoms with E-state index in [2.05, 4.69) is 5.32 Å². The number of amides is 2. The Hall–Kier alpha value is -3.39. The first-order valence-electron chi connectivity index (χ1n) is 11.1. The Bertz CT molecular complexity index is 1020. The summed E-state index contributed by atoms with van der Waals surface area (Å²) in [6.45, 7) is 3.55. The van der Waals surface area contributed by atoms with Gasteiger partial charge in [-0.2, -0.15) is 0 Å². The highest BCUT2D eigenvalue weighted by Gasteiger charge is 2.42. The molecule has 33 heavy (non-hydrogen) atoms. The Labute approximate surface area is 192 Å². The highest BCUT2D eigenvalue weighted by molar-refractivity contribution is 5.90. The van der Waals surface area contributed by atoms with Gasteiger partial charge >= 0.3 is 12.1 Å². The van der Waals surface area contributed by atoms with E-state index in [0.29, 0.717) is 0 Å². The third-order valence-corrected chi connectivity index (χ3v) is 6.40. The highest BCUT2D eigenvalue weighted by atomic mass is 16.5. The van der Waals surface area contributed by atoms with Crippen molar-refractivity contribution < 1.29 is 29.3 Å². The average Bonchev–Trinajstić information content (AvgIpc) is 3.34. The van der Waals surface area contributed by atoms with Crippen LogP contribution in [0, 0.1) is 5.92 Å². The summed E-state index contributed by atoms with van der Waals surface area (Å²) in [5.41, 5.74) is 4.39. The summed E-state index contributed by atoms with van der Waals surface area (Å²) in [6.07, 6.45) is -1.68. The minimum atomic E-state index is -1.18. The second kappa shape index (κ2) is 9.23. The number of hydrogen-bond donors (Lipinski definition) is 3. The number of carboxylic acids is 1. The zero-order valence-electron chi connectivity index (χ0n) is 18.6. The van der Waals surface area contributed by atoms with Gasteiger partial charge in [0.15, 0.2) is 0 Å². The minimum absolute atomic E-state index is 0.0309. The fraction of sp³-hybridized carbons (Fsp3) is 0.400. The Morgan fingerprint density at radius 1 is 1.06 bits per heavy atom. The number of carboxylic acid groups (broad SMARTS) is 1. The molecule has 1 aliphatic heterocycles. The van der Waals surface area contributed by atoms with Crippen LogP contribution < -0.4 is 5.32 Å². The lowest BCUT2D eigenvalue weighted by Crippen LogP contribution is -2.54. The van der Waals surface area contributed by atoms with Crippen LogP contribution in [0.3, 0.4) is 0 Å². The number of β-amino-alcohol motifs (C(OH)–C–C–N with tert-alkyl or cyclic N) is 1. The molecule has 0 radical (unpaired) electrons. The van der Waals surface area contributed by atoms with Gasteiger partial charge in [0.2, 0.25) is 5.91 Å². The van der Waals surface area contributed by atoms with Crippen molar-refractivity contribution in [2.75, 3.05) is 13.2 Å². The molecule has 2 aromatic carbocycles. The molecule has 3 N–H and O–H groups in total. The van der Waals surface area contributed by atoms with Gasteiger partial charge in [-0.3, -0.25) is 4.79 Å². The average molecular weight is 453 g/mol. The fourth-order valence-electron chi connectivity index (χ4n) is 4.75. The van der Waals surface area contributed by atoms with E-state index in [9.17, 15) is 24.6 Å². The number of likely N-dealkylation sites (tertiary alicyclic amines) is 1. The predicted octanol–water partition coefficient (Wildman–Crippen LogP) is 2.60. The van der Waals surface area contributed by atoms with Gasteiger partial charge in [-0.1, -0.05) is 62.4 Å². The lowest BCUT2D eigenvalue weighted by molar-refractivity contribution is -0.149. The molecule has 8 nitrogen and oxygen atoms in total. The number of ether oxygens (including phenoxy) is 1. The molecule has 3 atom stereocenters. The lowest BCUT2D eigenvalue weighted by Gasteiger charge is -2.29. The van der Waals surface area contributed by atoms with Crippen molar-refractivity contribution in [3.63, 3.8) is 0 Å². The normalized spacial score (nSPS) is 20.3. The molecule has 174 valence electrons. The number of nitrogens with one attached hydrogen (secondary N) is 1. The fourth-order valence-corrected chi connectivity index (χ4v) is 4.75. The summed E-state index contributed by atoms with van der Waals surface area (Å²) in [5, 5.41) is 21.9. The van der Waals surface area contributed by atoms with Gasteiger partial charge in [-0.05, 0) is 28.2 Å². The number of hydrogen-bond acceptors (Lipinski definition) is 5. The van der Waals surface area contributed by atoms with Crippen LogP contribution in [0.25, 0.3) is 11.1 Å². The molecule has 0 bridgehead atoms. The smallest absolute Gasteiger partial charge is 0.407 e. The number of aliphatic carboxylic acids is 1. The van der Waals surface area contributed by atoms with Gasteiger partial charge in [0, 0.05) is 18.9 Å². The van der Waals surface area contributed by atoms with Crippen LogP contribution in [0.15, 0.2) is 48.5 Å². The van der Waals surface area contributed by atoms with Gasteiger partial charge in [0.1, 0.15) is 18.7 Å². The Kier molecular flexibility index (Phi) is 6.37. The van der Waals surface area contributed by atoms with Gasteiger partial charge in [-0.25, -0.2) is 9.59 Å². The number of aliphatic hydroxyl groups excluding tert-OH is 1. The van der Waals surface area contributed by atoms with Crippen molar-refractivity contribution in [1.29, 1.82) is 0 Å². The molecule has 1 heterocycles. The summed E-state index contributed by atoms with van der Waals surface area (Å²) < 4.78 is 5.54. The number of carbonyl (C=O) groups is 3. The van der Waals surface area contributed by atoms with E-state index in [1.165, 1.54) is 0 Å². The van der Waals surface area contributed by atoms with E-state index in [1.807, 2.05) is 48.5 Å². The van der Waals surface area contributed by atoms with Crippen LogP contribution in [-0.4, -0.2) is 64.4 Å². The van der Waals surface area contributed by atoms with Crippen molar-refractivity contribution >= 4 is 18.0 Å². The molecule has 1 fully saturated rings. The summed E-state index contributed by atoms with van der Waals surface area (Å²) >= 11 is 0. The van der Waals surface area contributed by atoms with Crippen LogP contribution in [0.1, 0.15) is 37.3 Å². The third-order valence-electron chi connectivity index (χ3n) is 6.40. The maximum absolute atomic E-state index is 13.1. The van der Waals surface area contributed by atoms with Crippen molar-refractivity contribution in [1.82, 2.24) is 10.2 Å². The van der Waals surface area contributed by atoms with Gasteiger partial charge in [0.05, 0.1) is 6.10 Å². The number of fused-ring (bicyclic) bond motifs is 3. The van der Waals surface area contributed by atoms with Crippen molar-refractivity contribution in [3.05, 3.63) is 59.7 Å². The number of aliphatic hydroxyl groups is 1. The van der Waals surface area contributed by atoms with Crippen molar-refractivity contribution in [2.24, 2.45) is 5.92 Å². The Morgan fingerprint density at radius 2 is 1.64 bits per heavy atom. The molecular weight excluding hydrogens is 424 g/mol. The zero-order valence-corrected chi connectivity index (χ0v) is 18.6. The summed E-state index contributed by atoms with van der Waals surface area (Å²) in [5.74, 6) is -2.13. The van der Waals surface area contributed by atoms with Gasteiger partial charge < -0.3 is 25.2 Å². The number of alkyl carbamates (subject to hydrolysis) is 1. The van der Waals surface area contributed by atoms with E-state index < -0.39 is 36.2 Å². The van der Waals surface area contributed by atoms with E-state index in [4.69, 9.17) is 4.74 Å². The first kappa shape index (κ1) is 22.8. The minimum Gasteiger partial charge on any atom is -0.480 e. The van der Waals surface area contributed by atoms with Gasteiger partial charge in [-0.15, -0.1) is 0 Å². The van der Waals surface area contributed by atoms with E-state index in [-0.39, 0.29) is 31.4 Å². The molecule has 1 aliphatic carbocycles. The molecule has 0 aromatic heterocycles. The monoisotopic (exact) mass is 452 g/mol. The Balaban J connectivity index is 1.44. The standard InChI is InChI=1S/C25H28N2O6/c1-14(2)22(23(29)27-12-15(28)11-21(27)24(30)31)26-25(32)33-13-20-18-9-5-3-7-16(18)17-8-4-6-10-19(17)20/h3-10,14-15,20-22,28H,11-13H2,1-2H3,(H,26,32)(H,30,31)/t15-,21+,22?/m1/s1. The Morgan fingerprint density at radius 3 is 2.18 bits per heavy atom. The van der Waals surface area contributed by atoms with Crippen molar-refractivity contribution in [3.8, 4) is 11.1 Å². The van der Waals surface area contributed by atoms with Crippen LogP contribution in [0.2, 0.25) is 0 Å². The molecule has 8 heteroatoms. The molecule has 1 saturated heterocycles. The summed E-state index contributed by atoms with van der Waals surface area (Å²) in [7, 11) is 0. The first-order chi connectivity index (χ1) is 15.8. The molecule has 2 amide bonds. The van der Waals surface area contributed by atoms with Crippen LogP contribution in [0.4, 0.5) is 4.79 Å². The largest absolute Gasteiger partial charge is 0.480 e. The zero-order chi connectivity index (χ0) is 23.7. The number of carbonyl (C=O) groups excluding carboxylic acids is 2. The molecular formula is C25H28N2O6. The molecule has 2 aliphatic rings. The molecule has 1 unspecified atom stereocenters. The second-order valence-corrected chi connectivity index (χ2v) is 8.93. The summed E-state index contributed by atoms with van der Waals surface area (Å²) in [4.78, 5) is 38.4. The number of rotatable bonds is 6. The van der Waals surface area contributed by atoms with Crippen molar-refractivity contribution in [2.45, 2.75) is 44.4 Å². The van der Waals surface area contributed by atoms with Crippen LogP contribution >= 0.6 is 0 Å². The lowest BCUT2D eigenvalue weighted by atomic mass is 9.98. The predicted molar refractivity (Wildman–Crippen MR) is 121 cm³/mol. The van der Waals surface area contributed by atoms with Crippen LogP contribution in [0.5, 0.6) is 0 Å². The highest BCUT2D eigenvalue weighted by Crippen LogP contribution is 2.44. The second-order valence-electron chi connectivity index (χ2n) is 8.93. The van der Waals surface area contributed by atoms with E-state index >= 15 is 0 Å².